The van der Waals surface area contributed by atoms with Crippen molar-refractivity contribution in [3.05, 3.63) is 114 Å². The molecule has 0 N–H and O–H groups in total. The number of carbonyl (C=O) groups is 1. The fourth-order valence-electron chi connectivity index (χ4n) is 4.07. The van der Waals surface area contributed by atoms with Crippen molar-refractivity contribution in [1.29, 1.82) is 0 Å². The Morgan fingerprint density at radius 2 is 1.89 bits per heavy atom. The van der Waals surface area contributed by atoms with Crippen molar-refractivity contribution in [2.45, 2.75) is 19.9 Å². The van der Waals surface area contributed by atoms with Crippen LogP contribution in [0.25, 0.3) is 17.4 Å². The van der Waals surface area contributed by atoms with Crippen molar-refractivity contribution in [3.63, 3.8) is 0 Å². The molecule has 0 aliphatic carbocycles. The number of halogens is 1. The predicted octanol–water partition coefficient (Wildman–Crippen LogP) is 4.71. The molecule has 3 heterocycles. The average Bonchev–Trinajstić information content (AvgIpc) is 3.44. The summed E-state index contributed by atoms with van der Waals surface area (Å²) >= 11 is 7.24. The summed E-state index contributed by atoms with van der Waals surface area (Å²) in [6, 6.07) is 19.8. The molecule has 5 rings (SSSR count). The van der Waals surface area contributed by atoms with Gasteiger partial charge in [0.2, 0.25) is 0 Å². The van der Waals surface area contributed by atoms with Gasteiger partial charge in [-0.25, -0.2) is 9.79 Å². The van der Waals surface area contributed by atoms with Gasteiger partial charge in [-0.3, -0.25) is 9.36 Å². The molecule has 0 saturated heterocycles. The van der Waals surface area contributed by atoms with Crippen LogP contribution in [-0.2, 0) is 9.53 Å². The Morgan fingerprint density at radius 3 is 2.60 bits per heavy atom. The fourth-order valence-corrected chi connectivity index (χ4v) is 5.22. The standard InChI is InChI=1S/C27H21ClN2O4S/c1-3-33-26(32)23-16(2)29-27-30(24(23)18-7-5-4-6-8-18)25(31)22(35-27)15-20-13-14-21(34-20)17-9-11-19(28)12-10-17/h4-15,24H,3H2,1-2H3/t24-/m1/s1. The van der Waals surface area contributed by atoms with Crippen LogP contribution in [0, 0.1) is 0 Å². The number of rotatable bonds is 5. The molecule has 2 aromatic carbocycles. The smallest absolute Gasteiger partial charge is 0.338 e. The Morgan fingerprint density at radius 1 is 1.14 bits per heavy atom. The van der Waals surface area contributed by atoms with E-state index >= 15 is 0 Å². The summed E-state index contributed by atoms with van der Waals surface area (Å²) in [5.41, 5.74) is 2.34. The highest BCUT2D eigenvalue weighted by Crippen LogP contribution is 2.30. The number of aromatic nitrogens is 1. The van der Waals surface area contributed by atoms with Crippen molar-refractivity contribution >= 4 is 35.0 Å². The highest BCUT2D eigenvalue weighted by molar-refractivity contribution is 7.07. The zero-order chi connectivity index (χ0) is 24.5. The van der Waals surface area contributed by atoms with Gasteiger partial charge in [0.15, 0.2) is 4.80 Å². The summed E-state index contributed by atoms with van der Waals surface area (Å²) in [4.78, 5) is 31.6. The Kier molecular flexibility index (Phi) is 6.28. The second-order valence-corrected chi connectivity index (χ2v) is 9.37. The maximum absolute atomic E-state index is 13.6. The number of carbonyl (C=O) groups excluding carboxylic acids is 1. The molecule has 0 saturated carbocycles. The molecular formula is C27H21ClN2O4S. The van der Waals surface area contributed by atoms with Gasteiger partial charge in [-0.1, -0.05) is 53.3 Å². The quantitative estimate of drug-likeness (QED) is 0.369. The summed E-state index contributed by atoms with van der Waals surface area (Å²) in [5, 5.41) is 0.645. The predicted molar refractivity (Wildman–Crippen MR) is 136 cm³/mol. The molecule has 1 aliphatic rings. The minimum absolute atomic E-state index is 0.232. The molecule has 2 aromatic heterocycles. The van der Waals surface area contributed by atoms with Gasteiger partial charge < -0.3 is 9.15 Å². The van der Waals surface area contributed by atoms with E-state index in [9.17, 15) is 9.59 Å². The van der Waals surface area contributed by atoms with E-state index in [0.29, 0.717) is 37.1 Å². The van der Waals surface area contributed by atoms with E-state index in [2.05, 4.69) is 4.99 Å². The molecule has 0 bridgehead atoms. The molecule has 35 heavy (non-hydrogen) atoms. The second kappa shape index (κ2) is 9.52. The van der Waals surface area contributed by atoms with Crippen molar-refractivity contribution < 1.29 is 13.9 Å². The molecule has 0 amide bonds. The van der Waals surface area contributed by atoms with Crippen LogP contribution in [0.5, 0.6) is 0 Å². The summed E-state index contributed by atoms with van der Waals surface area (Å²) in [5.74, 6) is 0.733. The zero-order valence-corrected chi connectivity index (χ0v) is 20.6. The largest absolute Gasteiger partial charge is 0.463 e. The van der Waals surface area contributed by atoms with Gasteiger partial charge in [-0.15, -0.1) is 0 Å². The summed E-state index contributed by atoms with van der Waals surface area (Å²) in [7, 11) is 0. The van der Waals surface area contributed by atoms with Crippen LogP contribution in [-0.4, -0.2) is 17.1 Å². The number of ether oxygens (including phenoxy) is 1. The number of thiazole rings is 1. The minimum atomic E-state index is -0.630. The van der Waals surface area contributed by atoms with Crippen molar-refractivity contribution in [1.82, 2.24) is 4.57 Å². The van der Waals surface area contributed by atoms with E-state index in [0.717, 1.165) is 11.1 Å². The Hall–Kier alpha value is -3.68. The SMILES string of the molecule is CCOC(=O)C1=C(C)N=c2sc(=Cc3ccc(-c4ccc(Cl)cc4)o3)c(=O)n2[C@@H]1c1ccccc1. The maximum Gasteiger partial charge on any atom is 0.338 e. The number of hydrogen-bond acceptors (Lipinski definition) is 6. The number of esters is 1. The van der Waals surface area contributed by atoms with E-state index in [1.54, 1.807) is 36.6 Å². The van der Waals surface area contributed by atoms with Crippen LogP contribution >= 0.6 is 22.9 Å². The zero-order valence-electron chi connectivity index (χ0n) is 19.0. The molecule has 0 spiro atoms. The van der Waals surface area contributed by atoms with Gasteiger partial charge in [0.1, 0.15) is 11.5 Å². The van der Waals surface area contributed by atoms with Crippen LogP contribution in [0.3, 0.4) is 0 Å². The Balaban J connectivity index is 1.62. The van der Waals surface area contributed by atoms with E-state index < -0.39 is 12.0 Å². The lowest BCUT2D eigenvalue weighted by molar-refractivity contribution is -0.139. The molecule has 0 radical (unpaired) electrons. The fraction of sp³-hybridized carbons (Fsp3) is 0.148. The highest BCUT2D eigenvalue weighted by atomic mass is 35.5. The summed E-state index contributed by atoms with van der Waals surface area (Å²) in [6.45, 7) is 3.75. The average molecular weight is 505 g/mol. The van der Waals surface area contributed by atoms with Crippen LogP contribution in [0.15, 0.2) is 92.2 Å². The highest BCUT2D eigenvalue weighted by Gasteiger charge is 2.33. The molecule has 4 aromatic rings. The van der Waals surface area contributed by atoms with Gasteiger partial charge in [0, 0.05) is 16.7 Å². The van der Waals surface area contributed by atoms with Crippen molar-refractivity contribution in [3.8, 4) is 11.3 Å². The van der Waals surface area contributed by atoms with Gasteiger partial charge in [-0.2, -0.15) is 0 Å². The third kappa shape index (κ3) is 4.40. The normalized spacial score (nSPS) is 15.6. The van der Waals surface area contributed by atoms with E-state index in [-0.39, 0.29) is 12.2 Å². The molecule has 8 heteroatoms. The van der Waals surface area contributed by atoms with Crippen LogP contribution in [0.4, 0.5) is 0 Å². The molecular weight excluding hydrogens is 484 g/mol. The molecule has 0 unspecified atom stereocenters. The van der Waals surface area contributed by atoms with Crippen molar-refractivity contribution in [2.24, 2.45) is 4.99 Å². The number of allylic oxidation sites excluding steroid dienone is 1. The van der Waals surface area contributed by atoms with Gasteiger partial charge in [-0.05, 0) is 55.8 Å². The van der Waals surface area contributed by atoms with E-state index in [1.807, 2.05) is 54.6 Å². The van der Waals surface area contributed by atoms with E-state index in [1.165, 1.54) is 11.3 Å². The molecule has 1 aliphatic heterocycles. The number of furan rings is 1. The van der Waals surface area contributed by atoms with Crippen LogP contribution in [0.2, 0.25) is 5.02 Å². The topological polar surface area (TPSA) is 73.8 Å². The van der Waals surface area contributed by atoms with Gasteiger partial charge in [0.25, 0.3) is 5.56 Å². The molecule has 6 nitrogen and oxygen atoms in total. The number of benzene rings is 2. The van der Waals surface area contributed by atoms with Crippen LogP contribution < -0.4 is 14.9 Å². The molecule has 0 fully saturated rings. The summed E-state index contributed by atoms with van der Waals surface area (Å²) in [6.07, 6.45) is 1.70. The molecule has 176 valence electrons. The maximum atomic E-state index is 13.6. The lowest BCUT2D eigenvalue weighted by atomic mass is 9.96. The second-order valence-electron chi connectivity index (χ2n) is 7.92. The van der Waals surface area contributed by atoms with Crippen molar-refractivity contribution in [2.75, 3.05) is 6.61 Å². The summed E-state index contributed by atoms with van der Waals surface area (Å²) < 4.78 is 13.3. The first-order chi connectivity index (χ1) is 17.0. The number of nitrogens with zero attached hydrogens (tertiary/aromatic N) is 2. The monoisotopic (exact) mass is 504 g/mol. The van der Waals surface area contributed by atoms with Gasteiger partial charge >= 0.3 is 5.97 Å². The minimum Gasteiger partial charge on any atom is -0.463 e. The first-order valence-electron chi connectivity index (χ1n) is 11.1. The first kappa shape index (κ1) is 23.1. The number of fused-ring (bicyclic) bond motifs is 1. The number of hydrogen-bond donors (Lipinski definition) is 0. The Labute approximate surface area is 210 Å². The lowest BCUT2D eigenvalue weighted by Gasteiger charge is -2.24. The van der Waals surface area contributed by atoms with Gasteiger partial charge in [0.05, 0.1) is 28.5 Å². The van der Waals surface area contributed by atoms with Crippen LogP contribution in [0.1, 0.15) is 31.2 Å². The lowest BCUT2D eigenvalue weighted by Crippen LogP contribution is -2.39. The third-order valence-electron chi connectivity index (χ3n) is 5.66. The molecule has 1 atom stereocenters. The Bertz CT molecular complexity index is 1610. The third-order valence-corrected chi connectivity index (χ3v) is 6.90. The van der Waals surface area contributed by atoms with E-state index in [4.69, 9.17) is 20.8 Å². The first-order valence-corrected chi connectivity index (χ1v) is 12.3.